The van der Waals surface area contributed by atoms with E-state index in [0.29, 0.717) is 0 Å². The van der Waals surface area contributed by atoms with Gasteiger partial charge < -0.3 is 9.90 Å². The van der Waals surface area contributed by atoms with Gasteiger partial charge in [-0.1, -0.05) is 20.8 Å². The van der Waals surface area contributed by atoms with Crippen molar-refractivity contribution < 1.29 is 19.1 Å². The molecular weight excluding hydrogens is 175 g/mol. The van der Waals surface area contributed by atoms with Crippen LogP contribution in [0.15, 0.2) is 0 Å². The van der Waals surface area contributed by atoms with Crippen LogP contribution in [0.25, 0.3) is 0 Å². The van der Waals surface area contributed by atoms with Crippen LogP contribution in [0.2, 0.25) is 0 Å². The van der Waals surface area contributed by atoms with Crippen molar-refractivity contribution in [2.45, 2.75) is 39.8 Å². The molecular formula is C9H14FO3-. The smallest absolute Gasteiger partial charge is 0.172 e. The Bertz CT molecular complexity index is 205. The summed E-state index contributed by atoms with van der Waals surface area (Å²) in [5.74, 6) is -1.89. The van der Waals surface area contributed by atoms with Crippen molar-refractivity contribution in [2.24, 2.45) is 5.41 Å². The second kappa shape index (κ2) is 4.35. The van der Waals surface area contributed by atoms with Crippen LogP contribution in [-0.2, 0) is 9.59 Å². The van der Waals surface area contributed by atoms with Gasteiger partial charge in [0.25, 0.3) is 0 Å². The standard InChI is InChI=1S/C9H15FO3/c1-9(2,3)8(13)6(10)4-5-7(11)12/h6H,4-5H2,1-3H3,(H,11,12)/p-1. The number of carbonyl (C=O) groups is 2. The third kappa shape index (κ3) is 4.60. The van der Waals surface area contributed by atoms with E-state index in [-0.39, 0.29) is 6.42 Å². The molecule has 0 aliphatic heterocycles. The van der Waals surface area contributed by atoms with E-state index in [1.54, 1.807) is 20.8 Å². The lowest BCUT2D eigenvalue weighted by atomic mass is 9.87. The second-order valence-electron chi connectivity index (χ2n) is 3.99. The van der Waals surface area contributed by atoms with Crippen LogP contribution < -0.4 is 5.11 Å². The number of Topliss-reactive ketones (excluding diaryl/α,β-unsaturated/α-hetero) is 1. The van der Waals surface area contributed by atoms with E-state index < -0.39 is 29.8 Å². The molecule has 0 heterocycles. The van der Waals surface area contributed by atoms with E-state index in [2.05, 4.69) is 0 Å². The summed E-state index contributed by atoms with van der Waals surface area (Å²) in [6.07, 6.45) is -2.40. The maximum atomic E-state index is 13.0. The number of ketones is 1. The molecule has 1 atom stereocenters. The Morgan fingerprint density at radius 3 is 2.15 bits per heavy atom. The molecule has 0 N–H and O–H groups in total. The summed E-state index contributed by atoms with van der Waals surface area (Å²) in [6.45, 7) is 4.79. The van der Waals surface area contributed by atoms with Crippen LogP contribution in [0, 0.1) is 5.41 Å². The Labute approximate surface area is 76.9 Å². The Morgan fingerprint density at radius 1 is 1.38 bits per heavy atom. The first kappa shape index (κ1) is 12.1. The van der Waals surface area contributed by atoms with Gasteiger partial charge in [-0.25, -0.2) is 4.39 Å². The van der Waals surface area contributed by atoms with Gasteiger partial charge in [0.1, 0.15) is 0 Å². The number of carbonyl (C=O) groups excluding carboxylic acids is 2. The molecule has 0 saturated heterocycles. The van der Waals surface area contributed by atoms with Crippen molar-refractivity contribution in [3.63, 3.8) is 0 Å². The molecule has 1 unspecified atom stereocenters. The van der Waals surface area contributed by atoms with Crippen molar-refractivity contribution in [3.05, 3.63) is 0 Å². The quantitative estimate of drug-likeness (QED) is 0.646. The number of carboxylic acids is 1. The second-order valence-corrected chi connectivity index (χ2v) is 3.99. The summed E-state index contributed by atoms with van der Waals surface area (Å²) in [5, 5.41) is 9.99. The van der Waals surface area contributed by atoms with E-state index in [9.17, 15) is 19.1 Å². The van der Waals surface area contributed by atoms with Crippen LogP contribution in [-0.4, -0.2) is 17.9 Å². The fourth-order valence-corrected chi connectivity index (χ4v) is 0.846. The van der Waals surface area contributed by atoms with Crippen molar-refractivity contribution in [1.29, 1.82) is 0 Å². The number of hydrogen-bond acceptors (Lipinski definition) is 3. The Balaban J connectivity index is 4.05. The van der Waals surface area contributed by atoms with Gasteiger partial charge in [0.05, 0.1) is 0 Å². The molecule has 0 amide bonds. The van der Waals surface area contributed by atoms with E-state index in [4.69, 9.17) is 0 Å². The third-order valence-corrected chi connectivity index (χ3v) is 1.63. The molecule has 0 saturated carbocycles. The van der Waals surface area contributed by atoms with Gasteiger partial charge in [-0.2, -0.15) is 0 Å². The first-order chi connectivity index (χ1) is 5.75. The van der Waals surface area contributed by atoms with Crippen LogP contribution >= 0.6 is 0 Å². The zero-order valence-electron chi connectivity index (χ0n) is 8.09. The minimum atomic E-state index is -1.70. The molecule has 0 aromatic carbocycles. The minimum Gasteiger partial charge on any atom is -0.550 e. The van der Waals surface area contributed by atoms with E-state index in [0.717, 1.165) is 0 Å². The zero-order chi connectivity index (χ0) is 10.6. The highest BCUT2D eigenvalue weighted by atomic mass is 19.1. The van der Waals surface area contributed by atoms with E-state index >= 15 is 0 Å². The number of hydrogen-bond donors (Lipinski definition) is 0. The molecule has 3 nitrogen and oxygen atoms in total. The van der Waals surface area contributed by atoms with Crippen molar-refractivity contribution >= 4 is 11.8 Å². The van der Waals surface area contributed by atoms with Gasteiger partial charge in [-0.3, -0.25) is 4.79 Å². The van der Waals surface area contributed by atoms with Gasteiger partial charge in [-0.05, 0) is 12.8 Å². The molecule has 0 radical (unpaired) electrons. The Morgan fingerprint density at radius 2 is 1.85 bits per heavy atom. The van der Waals surface area contributed by atoms with Crippen LogP contribution in [0.4, 0.5) is 4.39 Å². The molecule has 0 spiro atoms. The SMILES string of the molecule is CC(C)(C)C(=O)C(F)CCC(=O)[O-]. The van der Waals surface area contributed by atoms with E-state index in [1.165, 1.54) is 0 Å². The molecule has 76 valence electrons. The fourth-order valence-electron chi connectivity index (χ4n) is 0.846. The summed E-state index contributed by atoms with van der Waals surface area (Å²) in [7, 11) is 0. The molecule has 0 aromatic heterocycles. The third-order valence-electron chi connectivity index (χ3n) is 1.63. The van der Waals surface area contributed by atoms with Crippen LogP contribution in [0.3, 0.4) is 0 Å². The highest BCUT2D eigenvalue weighted by molar-refractivity contribution is 5.88. The average molecular weight is 189 g/mol. The average Bonchev–Trinajstić information content (AvgIpc) is 1.96. The molecule has 0 rings (SSSR count). The number of rotatable bonds is 4. The van der Waals surface area contributed by atoms with Gasteiger partial charge >= 0.3 is 0 Å². The monoisotopic (exact) mass is 189 g/mol. The highest BCUT2D eigenvalue weighted by Crippen LogP contribution is 2.20. The van der Waals surface area contributed by atoms with Gasteiger partial charge in [0, 0.05) is 11.4 Å². The summed E-state index contributed by atoms with van der Waals surface area (Å²) < 4.78 is 13.0. The predicted octanol–water partition coefficient (Wildman–Crippen LogP) is 0.470. The highest BCUT2D eigenvalue weighted by Gasteiger charge is 2.28. The normalized spacial score (nSPS) is 13.8. The molecule has 0 aromatic rings. The lowest BCUT2D eigenvalue weighted by Crippen LogP contribution is -2.31. The molecule has 0 bridgehead atoms. The number of carboxylic acid groups (broad SMARTS) is 1. The molecule has 13 heavy (non-hydrogen) atoms. The zero-order valence-corrected chi connectivity index (χ0v) is 8.09. The summed E-state index contributed by atoms with van der Waals surface area (Å²) >= 11 is 0. The fraction of sp³-hybridized carbons (Fsp3) is 0.778. The first-order valence-corrected chi connectivity index (χ1v) is 4.13. The summed E-state index contributed by atoms with van der Waals surface area (Å²) in [6, 6.07) is 0. The van der Waals surface area contributed by atoms with Gasteiger partial charge in [0.15, 0.2) is 12.0 Å². The van der Waals surface area contributed by atoms with Crippen molar-refractivity contribution in [2.75, 3.05) is 0 Å². The lowest BCUT2D eigenvalue weighted by Gasteiger charge is -2.19. The van der Waals surface area contributed by atoms with Gasteiger partial charge in [0.2, 0.25) is 0 Å². The molecule has 4 heteroatoms. The van der Waals surface area contributed by atoms with Crippen LogP contribution in [0.5, 0.6) is 0 Å². The molecule has 0 aliphatic rings. The Kier molecular flexibility index (Phi) is 4.04. The van der Waals surface area contributed by atoms with E-state index in [1.807, 2.05) is 0 Å². The lowest BCUT2D eigenvalue weighted by molar-refractivity contribution is -0.305. The van der Waals surface area contributed by atoms with Crippen molar-refractivity contribution in [1.82, 2.24) is 0 Å². The number of alkyl halides is 1. The minimum absolute atomic E-state index is 0.293. The van der Waals surface area contributed by atoms with Crippen LogP contribution in [0.1, 0.15) is 33.6 Å². The summed E-state index contributed by atoms with van der Waals surface area (Å²) in [5.41, 5.74) is -0.759. The predicted molar refractivity (Wildman–Crippen MR) is 43.6 cm³/mol. The van der Waals surface area contributed by atoms with Crippen molar-refractivity contribution in [3.8, 4) is 0 Å². The topological polar surface area (TPSA) is 57.2 Å². The maximum absolute atomic E-state index is 13.0. The van der Waals surface area contributed by atoms with Gasteiger partial charge in [-0.15, -0.1) is 0 Å². The Hall–Kier alpha value is -0.930. The number of aliphatic carboxylic acids is 1. The largest absolute Gasteiger partial charge is 0.550 e. The molecule has 0 fully saturated rings. The summed E-state index contributed by atoms with van der Waals surface area (Å²) in [4.78, 5) is 21.2. The maximum Gasteiger partial charge on any atom is 0.172 e. The first-order valence-electron chi connectivity index (χ1n) is 4.13. The molecule has 0 aliphatic carbocycles. The number of halogens is 1.